The molecule has 0 aromatic carbocycles. The van der Waals surface area contributed by atoms with Gasteiger partial charge in [-0.3, -0.25) is 14.5 Å². The van der Waals surface area contributed by atoms with E-state index in [0.717, 1.165) is 4.90 Å². The van der Waals surface area contributed by atoms with Crippen molar-refractivity contribution < 1.29 is 18.8 Å². The molecule has 0 bridgehead atoms. The van der Waals surface area contributed by atoms with Gasteiger partial charge in [0.25, 0.3) is 5.91 Å². The number of nitrogens with zero attached hydrogens (tertiary/aromatic N) is 2. The van der Waals surface area contributed by atoms with Gasteiger partial charge in [0, 0.05) is 13.1 Å². The Labute approximate surface area is 148 Å². The fraction of sp³-hybridized carbons (Fsp3) is 0.611. The predicted octanol–water partition coefficient (Wildman–Crippen LogP) is 2.19. The Balaban J connectivity index is 2.14. The lowest BCUT2D eigenvalue weighted by Gasteiger charge is -2.28. The zero-order chi connectivity index (χ0) is 18.8. The SMILES string of the molecule is CC(C)CN(CC(C)C)C(=O)CN1C(=O)NC(C)(c2ccco2)C1=O. The van der Waals surface area contributed by atoms with Crippen LogP contribution in [0.4, 0.5) is 4.79 Å². The Hall–Kier alpha value is -2.31. The molecule has 7 heteroatoms. The van der Waals surface area contributed by atoms with Crippen LogP contribution >= 0.6 is 0 Å². The molecule has 2 rings (SSSR count). The van der Waals surface area contributed by atoms with E-state index in [-0.39, 0.29) is 12.5 Å². The largest absolute Gasteiger partial charge is 0.466 e. The highest BCUT2D eigenvalue weighted by atomic mass is 16.3. The molecule has 1 aliphatic rings. The van der Waals surface area contributed by atoms with Crippen molar-refractivity contribution in [2.75, 3.05) is 19.6 Å². The number of carbonyl (C=O) groups is 3. The molecule has 1 N–H and O–H groups in total. The van der Waals surface area contributed by atoms with Crippen molar-refractivity contribution >= 4 is 17.8 Å². The summed E-state index contributed by atoms with van der Waals surface area (Å²) in [5.74, 6) is 0.254. The van der Waals surface area contributed by atoms with Gasteiger partial charge in [-0.15, -0.1) is 0 Å². The Bertz CT molecular complexity index is 629. The highest BCUT2D eigenvalue weighted by molar-refractivity contribution is 6.08. The van der Waals surface area contributed by atoms with Crippen molar-refractivity contribution in [2.45, 2.75) is 40.2 Å². The number of hydrogen-bond acceptors (Lipinski definition) is 4. The molecule has 7 nitrogen and oxygen atoms in total. The van der Waals surface area contributed by atoms with Crippen molar-refractivity contribution in [3.8, 4) is 0 Å². The van der Waals surface area contributed by atoms with E-state index < -0.39 is 17.5 Å². The maximum atomic E-state index is 12.8. The third-order valence-corrected chi connectivity index (χ3v) is 4.11. The first-order valence-corrected chi connectivity index (χ1v) is 8.61. The lowest BCUT2D eigenvalue weighted by atomic mass is 9.99. The van der Waals surface area contributed by atoms with Crippen LogP contribution in [0, 0.1) is 11.8 Å². The molecular formula is C18H27N3O4. The molecule has 4 amide bonds. The minimum absolute atomic E-state index is 0.227. The van der Waals surface area contributed by atoms with Gasteiger partial charge in [-0.2, -0.15) is 0 Å². The van der Waals surface area contributed by atoms with Crippen LogP contribution in [0.15, 0.2) is 22.8 Å². The number of amides is 4. The average molecular weight is 349 g/mol. The van der Waals surface area contributed by atoms with Gasteiger partial charge in [0.05, 0.1) is 6.26 Å². The summed E-state index contributed by atoms with van der Waals surface area (Å²) in [6, 6.07) is 2.71. The van der Waals surface area contributed by atoms with E-state index in [1.165, 1.54) is 6.26 Å². The minimum atomic E-state index is -1.28. The van der Waals surface area contributed by atoms with E-state index in [1.807, 2.05) is 27.7 Å². The molecule has 0 saturated carbocycles. The number of carbonyl (C=O) groups excluding carboxylic acids is 3. The standard InChI is InChI=1S/C18H27N3O4/c1-12(2)9-20(10-13(3)4)15(22)11-21-16(23)18(5,19-17(21)24)14-7-6-8-25-14/h6-8,12-13H,9-11H2,1-5H3,(H,19,24). The smallest absolute Gasteiger partial charge is 0.325 e. The van der Waals surface area contributed by atoms with Crippen molar-refractivity contribution in [1.82, 2.24) is 15.1 Å². The van der Waals surface area contributed by atoms with Gasteiger partial charge in [0.15, 0.2) is 5.54 Å². The lowest BCUT2D eigenvalue weighted by Crippen LogP contribution is -2.46. The van der Waals surface area contributed by atoms with E-state index >= 15 is 0 Å². The molecule has 138 valence electrons. The summed E-state index contributed by atoms with van der Waals surface area (Å²) in [7, 11) is 0. The highest BCUT2D eigenvalue weighted by Gasteiger charge is 2.51. The topological polar surface area (TPSA) is 82.9 Å². The monoisotopic (exact) mass is 349 g/mol. The van der Waals surface area contributed by atoms with Gasteiger partial charge in [-0.1, -0.05) is 27.7 Å². The van der Waals surface area contributed by atoms with Gasteiger partial charge in [0.2, 0.25) is 5.91 Å². The van der Waals surface area contributed by atoms with Gasteiger partial charge in [0.1, 0.15) is 12.3 Å². The normalized spacial score (nSPS) is 20.5. The number of urea groups is 1. The molecule has 25 heavy (non-hydrogen) atoms. The van der Waals surface area contributed by atoms with Crippen LogP contribution < -0.4 is 5.32 Å². The van der Waals surface area contributed by atoms with Crippen LogP contribution in [0.1, 0.15) is 40.4 Å². The molecule has 1 atom stereocenters. The van der Waals surface area contributed by atoms with Crippen LogP contribution in [0.5, 0.6) is 0 Å². The third-order valence-electron chi connectivity index (χ3n) is 4.11. The quantitative estimate of drug-likeness (QED) is 0.765. The van der Waals surface area contributed by atoms with Gasteiger partial charge >= 0.3 is 6.03 Å². The fourth-order valence-corrected chi connectivity index (χ4v) is 2.97. The first-order chi connectivity index (χ1) is 11.6. The van der Waals surface area contributed by atoms with E-state index in [0.29, 0.717) is 30.7 Å². The van der Waals surface area contributed by atoms with E-state index in [2.05, 4.69) is 5.32 Å². The maximum absolute atomic E-state index is 12.8. The number of nitrogens with one attached hydrogen (secondary N) is 1. The Morgan fingerprint density at radius 2 is 1.84 bits per heavy atom. The number of furan rings is 1. The first-order valence-electron chi connectivity index (χ1n) is 8.61. The zero-order valence-electron chi connectivity index (χ0n) is 15.5. The summed E-state index contributed by atoms with van der Waals surface area (Å²) in [4.78, 5) is 40.4. The molecule has 1 aromatic rings. The van der Waals surface area contributed by atoms with Crippen LogP contribution in [0.25, 0.3) is 0 Å². The molecule has 0 aliphatic carbocycles. The maximum Gasteiger partial charge on any atom is 0.325 e. The van der Waals surface area contributed by atoms with Gasteiger partial charge in [-0.25, -0.2) is 4.79 Å². The molecule has 1 saturated heterocycles. The van der Waals surface area contributed by atoms with E-state index in [4.69, 9.17) is 4.42 Å². The summed E-state index contributed by atoms with van der Waals surface area (Å²) in [6.45, 7) is 10.6. The van der Waals surface area contributed by atoms with Crippen molar-refractivity contribution in [3.63, 3.8) is 0 Å². The second kappa shape index (κ2) is 7.29. The first kappa shape index (κ1) is 19.0. The van der Waals surface area contributed by atoms with Crippen molar-refractivity contribution in [3.05, 3.63) is 24.2 Å². The molecule has 1 aliphatic heterocycles. The molecule has 1 aromatic heterocycles. The van der Waals surface area contributed by atoms with Crippen molar-refractivity contribution in [2.24, 2.45) is 11.8 Å². The summed E-state index contributed by atoms with van der Waals surface area (Å²) < 4.78 is 5.29. The Morgan fingerprint density at radius 3 is 2.32 bits per heavy atom. The molecule has 0 spiro atoms. The molecule has 2 heterocycles. The predicted molar refractivity (Wildman–Crippen MR) is 92.6 cm³/mol. The van der Waals surface area contributed by atoms with E-state index in [9.17, 15) is 14.4 Å². The summed E-state index contributed by atoms with van der Waals surface area (Å²) in [5.41, 5.74) is -1.28. The molecule has 1 fully saturated rings. The number of imide groups is 1. The summed E-state index contributed by atoms with van der Waals surface area (Å²) >= 11 is 0. The number of hydrogen-bond donors (Lipinski definition) is 1. The summed E-state index contributed by atoms with van der Waals surface area (Å²) in [6.07, 6.45) is 1.45. The summed E-state index contributed by atoms with van der Waals surface area (Å²) in [5, 5.41) is 2.63. The highest BCUT2D eigenvalue weighted by Crippen LogP contribution is 2.29. The van der Waals surface area contributed by atoms with Crippen LogP contribution in [0.3, 0.4) is 0 Å². The second-order valence-electron chi connectivity index (χ2n) is 7.51. The molecular weight excluding hydrogens is 322 g/mol. The fourth-order valence-electron chi connectivity index (χ4n) is 2.97. The molecule has 1 unspecified atom stereocenters. The number of rotatable bonds is 7. The van der Waals surface area contributed by atoms with Crippen LogP contribution in [0.2, 0.25) is 0 Å². The zero-order valence-corrected chi connectivity index (χ0v) is 15.5. The van der Waals surface area contributed by atoms with Crippen molar-refractivity contribution in [1.29, 1.82) is 0 Å². The Morgan fingerprint density at radius 1 is 1.24 bits per heavy atom. The third kappa shape index (κ3) is 4.03. The van der Waals surface area contributed by atoms with E-state index in [1.54, 1.807) is 24.0 Å². The van der Waals surface area contributed by atoms with Crippen LogP contribution in [-0.2, 0) is 15.1 Å². The Kier molecular flexibility index (Phi) is 5.55. The van der Waals surface area contributed by atoms with Gasteiger partial charge in [-0.05, 0) is 30.9 Å². The lowest BCUT2D eigenvalue weighted by molar-refractivity contribution is -0.139. The average Bonchev–Trinajstić information content (AvgIpc) is 3.10. The molecule has 0 radical (unpaired) electrons. The van der Waals surface area contributed by atoms with Gasteiger partial charge < -0.3 is 14.6 Å². The second-order valence-corrected chi connectivity index (χ2v) is 7.51. The van der Waals surface area contributed by atoms with Crippen LogP contribution in [-0.4, -0.2) is 47.3 Å². The minimum Gasteiger partial charge on any atom is -0.466 e.